The molecule has 1 aromatic carbocycles. The molecular weight excluding hydrogens is 335 g/mol. The molecule has 0 aromatic heterocycles. The lowest BCUT2D eigenvalue weighted by atomic mass is 10.0. The Labute approximate surface area is 136 Å². The lowest BCUT2D eigenvalue weighted by Crippen LogP contribution is -2.20. The first-order valence-electron chi connectivity index (χ1n) is 7.15. The van der Waals surface area contributed by atoms with Crippen LogP contribution in [0.1, 0.15) is 37.7 Å². The van der Waals surface area contributed by atoms with Crippen LogP contribution in [0.3, 0.4) is 0 Å². The fraction of sp³-hybridized carbons (Fsp3) is 0.533. The molecule has 122 valence electrons. The van der Waals surface area contributed by atoms with Crippen LogP contribution in [0.15, 0.2) is 18.2 Å². The second kappa shape index (κ2) is 7.59. The number of hydrogen-bond donors (Lipinski definition) is 1. The van der Waals surface area contributed by atoms with Gasteiger partial charge in [-0.25, -0.2) is 0 Å². The standard InChI is InChI=1S/C15H17ClF3NOS/c16-12-8-4-7-11(15(17,18)19)14(12)20-13(21)9-22-10-5-2-1-3-6-10/h4,7-8,10H,1-3,5-6,9H2,(H,20,21). The highest BCUT2D eigenvalue weighted by Gasteiger charge is 2.34. The van der Waals surface area contributed by atoms with Gasteiger partial charge in [0.2, 0.25) is 5.91 Å². The van der Waals surface area contributed by atoms with Crippen LogP contribution in [0.4, 0.5) is 18.9 Å². The summed E-state index contributed by atoms with van der Waals surface area (Å²) in [6.45, 7) is 0. The third kappa shape index (κ3) is 4.81. The molecule has 1 aliphatic rings. The third-order valence-electron chi connectivity index (χ3n) is 3.59. The number of para-hydroxylation sites is 1. The summed E-state index contributed by atoms with van der Waals surface area (Å²) in [5, 5.41) is 2.63. The number of carbonyl (C=O) groups is 1. The predicted molar refractivity (Wildman–Crippen MR) is 84.4 cm³/mol. The number of thioether (sulfide) groups is 1. The maximum absolute atomic E-state index is 12.9. The molecule has 1 amide bonds. The van der Waals surface area contributed by atoms with Gasteiger partial charge in [-0.1, -0.05) is 36.9 Å². The van der Waals surface area contributed by atoms with Gasteiger partial charge in [0, 0.05) is 5.25 Å². The summed E-state index contributed by atoms with van der Waals surface area (Å²) in [5.74, 6) is -0.304. The molecular formula is C15H17ClF3NOS. The van der Waals surface area contributed by atoms with Gasteiger partial charge < -0.3 is 5.32 Å². The molecule has 1 aliphatic carbocycles. The number of anilines is 1. The summed E-state index contributed by atoms with van der Waals surface area (Å²) in [6, 6.07) is 3.47. The quantitative estimate of drug-likeness (QED) is 0.790. The van der Waals surface area contributed by atoms with Crippen LogP contribution in [-0.2, 0) is 11.0 Å². The minimum atomic E-state index is -4.55. The van der Waals surface area contributed by atoms with Crippen molar-refractivity contribution in [1.29, 1.82) is 0 Å². The number of hydrogen-bond acceptors (Lipinski definition) is 2. The van der Waals surface area contributed by atoms with Crippen LogP contribution >= 0.6 is 23.4 Å². The van der Waals surface area contributed by atoms with Gasteiger partial charge in [-0.3, -0.25) is 4.79 Å². The van der Waals surface area contributed by atoms with Crippen molar-refractivity contribution in [2.75, 3.05) is 11.1 Å². The number of amides is 1. The van der Waals surface area contributed by atoms with E-state index in [0.29, 0.717) is 5.25 Å². The van der Waals surface area contributed by atoms with E-state index in [1.165, 1.54) is 30.3 Å². The van der Waals surface area contributed by atoms with Gasteiger partial charge in [0.05, 0.1) is 22.0 Å². The van der Waals surface area contributed by atoms with Crippen LogP contribution in [0.25, 0.3) is 0 Å². The zero-order chi connectivity index (χ0) is 16.2. The summed E-state index contributed by atoms with van der Waals surface area (Å²) in [4.78, 5) is 11.9. The summed E-state index contributed by atoms with van der Waals surface area (Å²) in [7, 11) is 0. The van der Waals surface area contributed by atoms with Crippen LogP contribution in [0.2, 0.25) is 5.02 Å². The smallest absolute Gasteiger partial charge is 0.324 e. The van der Waals surface area contributed by atoms with E-state index in [1.54, 1.807) is 0 Å². The molecule has 0 aliphatic heterocycles. The van der Waals surface area contributed by atoms with Crippen LogP contribution in [-0.4, -0.2) is 16.9 Å². The first-order chi connectivity index (χ1) is 10.4. The first kappa shape index (κ1) is 17.5. The largest absolute Gasteiger partial charge is 0.418 e. The van der Waals surface area contributed by atoms with Crippen molar-refractivity contribution < 1.29 is 18.0 Å². The fourth-order valence-corrected chi connectivity index (χ4v) is 3.84. The monoisotopic (exact) mass is 351 g/mol. The van der Waals surface area contributed by atoms with Crippen molar-refractivity contribution in [3.63, 3.8) is 0 Å². The van der Waals surface area contributed by atoms with Gasteiger partial charge in [-0.2, -0.15) is 13.2 Å². The zero-order valence-corrected chi connectivity index (χ0v) is 13.5. The Morgan fingerprint density at radius 2 is 1.95 bits per heavy atom. The molecule has 1 saturated carbocycles. The molecule has 0 heterocycles. The van der Waals surface area contributed by atoms with E-state index in [-0.39, 0.29) is 16.5 Å². The van der Waals surface area contributed by atoms with Gasteiger partial charge in [0.25, 0.3) is 0 Å². The van der Waals surface area contributed by atoms with Crippen LogP contribution in [0, 0.1) is 0 Å². The van der Waals surface area contributed by atoms with E-state index in [9.17, 15) is 18.0 Å². The average molecular weight is 352 g/mol. The van der Waals surface area contributed by atoms with E-state index >= 15 is 0 Å². The van der Waals surface area contributed by atoms with Crippen LogP contribution in [0.5, 0.6) is 0 Å². The number of nitrogens with one attached hydrogen (secondary N) is 1. The number of rotatable bonds is 4. The molecule has 7 heteroatoms. The topological polar surface area (TPSA) is 29.1 Å². The summed E-state index contributed by atoms with van der Waals surface area (Å²) < 4.78 is 38.8. The first-order valence-corrected chi connectivity index (χ1v) is 8.58. The van der Waals surface area contributed by atoms with E-state index < -0.39 is 17.6 Å². The Bertz CT molecular complexity index is 530. The number of carbonyl (C=O) groups excluding carboxylic acids is 1. The summed E-state index contributed by atoms with van der Waals surface area (Å²) >= 11 is 7.31. The molecule has 0 atom stereocenters. The van der Waals surface area contributed by atoms with Crippen molar-refractivity contribution in [2.45, 2.75) is 43.5 Å². The second-order valence-electron chi connectivity index (χ2n) is 5.28. The van der Waals surface area contributed by atoms with Crippen molar-refractivity contribution in [2.24, 2.45) is 0 Å². The highest BCUT2D eigenvalue weighted by atomic mass is 35.5. The Hall–Kier alpha value is -0.880. The molecule has 2 nitrogen and oxygen atoms in total. The molecule has 22 heavy (non-hydrogen) atoms. The van der Waals surface area contributed by atoms with E-state index in [2.05, 4.69) is 5.32 Å². The zero-order valence-electron chi connectivity index (χ0n) is 11.9. The maximum atomic E-state index is 12.9. The van der Waals surface area contributed by atoms with E-state index in [0.717, 1.165) is 31.7 Å². The lowest BCUT2D eigenvalue weighted by Gasteiger charge is -2.21. The predicted octanol–water partition coefficient (Wildman–Crippen LogP) is 5.36. The Morgan fingerprint density at radius 3 is 2.59 bits per heavy atom. The highest BCUT2D eigenvalue weighted by Crippen LogP contribution is 2.38. The fourth-order valence-electron chi connectivity index (χ4n) is 2.49. The van der Waals surface area contributed by atoms with Crippen molar-refractivity contribution in [3.05, 3.63) is 28.8 Å². The molecule has 0 unspecified atom stereocenters. The molecule has 0 saturated heterocycles. The molecule has 2 rings (SSSR count). The molecule has 1 N–H and O–H groups in total. The summed E-state index contributed by atoms with van der Waals surface area (Å²) in [6.07, 6.45) is 1.11. The average Bonchev–Trinajstić information content (AvgIpc) is 2.47. The Kier molecular flexibility index (Phi) is 6.03. The van der Waals surface area contributed by atoms with E-state index in [1.807, 2.05) is 0 Å². The molecule has 1 fully saturated rings. The second-order valence-corrected chi connectivity index (χ2v) is 6.98. The highest BCUT2D eigenvalue weighted by molar-refractivity contribution is 8.00. The minimum absolute atomic E-state index is 0.106. The number of alkyl halides is 3. The number of halogens is 4. The van der Waals surface area contributed by atoms with E-state index in [4.69, 9.17) is 11.6 Å². The van der Waals surface area contributed by atoms with Gasteiger partial charge in [0.1, 0.15) is 0 Å². The van der Waals surface area contributed by atoms with Gasteiger partial charge in [-0.15, -0.1) is 11.8 Å². The number of benzene rings is 1. The van der Waals surface area contributed by atoms with Gasteiger partial charge in [0.15, 0.2) is 0 Å². The maximum Gasteiger partial charge on any atom is 0.418 e. The third-order valence-corrected chi connectivity index (χ3v) is 5.27. The van der Waals surface area contributed by atoms with Crippen molar-refractivity contribution >= 4 is 35.0 Å². The van der Waals surface area contributed by atoms with Crippen LogP contribution < -0.4 is 5.32 Å². The van der Waals surface area contributed by atoms with Gasteiger partial charge >= 0.3 is 6.18 Å². The molecule has 0 spiro atoms. The Morgan fingerprint density at radius 1 is 1.27 bits per heavy atom. The normalized spacial score (nSPS) is 16.5. The summed E-state index contributed by atoms with van der Waals surface area (Å²) in [5.41, 5.74) is -1.28. The van der Waals surface area contributed by atoms with Gasteiger partial charge in [-0.05, 0) is 25.0 Å². The van der Waals surface area contributed by atoms with Crippen molar-refractivity contribution in [3.8, 4) is 0 Å². The van der Waals surface area contributed by atoms with Crippen molar-refractivity contribution in [1.82, 2.24) is 0 Å². The Balaban J connectivity index is 1.99. The SMILES string of the molecule is O=C(CSC1CCCCC1)Nc1c(Cl)cccc1C(F)(F)F. The molecule has 1 aromatic rings. The minimum Gasteiger partial charge on any atom is -0.324 e. The molecule has 0 bridgehead atoms. The lowest BCUT2D eigenvalue weighted by molar-refractivity contribution is -0.137. The molecule has 0 radical (unpaired) electrons.